The van der Waals surface area contributed by atoms with E-state index in [0.29, 0.717) is 10.7 Å². The van der Waals surface area contributed by atoms with E-state index in [0.717, 1.165) is 26.6 Å². The third-order valence-corrected chi connectivity index (χ3v) is 8.65. The predicted octanol–water partition coefficient (Wildman–Crippen LogP) is 5.79. The van der Waals surface area contributed by atoms with Crippen LogP contribution in [0.25, 0.3) is 0 Å². The summed E-state index contributed by atoms with van der Waals surface area (Å²) in [5.74, 6) is -0.865. The molecule has 0 aliphatic rings. The number of amides is 2. The molecule has 0 fully saturated rings. The van der Waals surface area contributed by atoms with Crippen LogP contribution < -0.4 is 9.62 Å². The van der Waals surface area contributed by atoms with Crippen molar-refractivity contribution in [2.24, 2.45) is 0 Å². The van der Waals surface area contributed by atoms with E-state index in [9.17, 15) is 18.0 Å². The number of carbonyl (C=O) groups is 2. The molecule has 0 heterocycles. The molecule has 0 aliphatic heterocycles. The molecule has 0 bridgehead atoms. The van der Waals surface area contributed by atoms with Gasteiger partial charge in [0.1, 0.15) is 12.6 Å². The zero-order valence-electron chi connectivity index (χ0n) is 24.2. The van der Waals surface area contributed by atoms with Crippen LogP contribution in [0.3, 0.4) is 0 Å². The molecular formula is C31H38ClN3O4S. The second kappa shape index (κ2) is 12.4. The smallest absolute Gasteiger partial charge is 0.264 e. The topological polar surface area (TPSA) is 86.8 Å². The molecule has 1 atom stereocenters. The first-order valence-electron chi connectivity index (χ1n) is 13.1. The van der Waals surface area contributed by atoms with Crippen molar-refractivity contribution in [1.82, 2.24) is 10.2 Å². The van der Waals surface area contributed by atoms with Gasteiger partial charge in [-0.15, -0.1) is 0 Å². The predicted molar refractivity (Wildman–Crippen MR) is 161 cm³/mol. The van der Waals surface area contributed by atoms with Crippen LogP contribution >= 0.6 is 11.6 Å². The zero-order chi connectivity index (χ0) is 29.8. The van der Waals surface area contributed by atoms with Crippen molar-refractivity contribution >= 4 is 39.1 Å². The molecular weight excluding hydrogens is 546 g/mol. The maximum atomic E-state index is 14.1. The van der Waals surface area contributed by atoms with E-state index in [1.165, 1.54) is 17.0 Å². The second-order valence-corrected chi connectivity index (χ2v) is 13.4. The van der Waals surface area contributed by atoms with Gasteiger partial charge in [0.2, 0.25) is 11.8 Å². The Hall–Kier alpha value is -3.36. The SMILES string of the molecule is Cc1ccc(S(=O)(=O)N(CC(=O)N(Cc2cccc(Cl)c2)[C@@H](C)C(=O)NC(C)(C)C)c2cccc(C)c2C)cc1. The lowest BCUT2D eigenvalue weighted by Crippen LogP contribution is -2.54. The fraction of sp³-hybridized carbons (Fsp3) is 0.355. The molecule has 0 aliphatic carbocycles. The van der Waals surface area contributed by atoms with E-state index in [4.69, 9.17) is 11.6 Å². The number of rotatable bonds is 9. The van der Waals surface area contributed by atoms with E-state index >= 15 is 0 Å². The average Bonchev–Trinajstić information content (AvgIpc) is 2.86. The largest absolute Gasteiger partial charge is 0.350 e. The number of halogens is 1. The minimum atomic E-state index is -4.13. The molecule has 2 amide bonds. The number of benzene rings is 3. The lowest BCUT2D eigenvalue weighted by atomic mass is 10.1. The molecule has 7 nitrogen and oxygen atoms in total. The molecule has 0 saturated carbocycles. The molecule has 9 heteroatoms. The molecule has 3 aromatic rings. The van der Waals surface area contributed by atoms with Gasteiger partial charge in [0, 0.05) is 17.1 Å². The summed E-state index contributed by atoms with van der Waals surface area (Å²) in [4.78, 5) is 28.7. The molecule has 1 N–H and O–H groups in total. The summed E-state index contributed by atoms with van der Waals surface area (Å²) in [7, 11) is -4.13. The summed E-state index contributed by atoms with van der Waals surface area (Å²) in [6, 6.07) is 18.0. The zero-order valence-corrected chi connectivity index (χ0v) is 25.7. The van der Waals surface area contributed by atoms with Crippen LogP contribution in [0.1, 0.15) is 49.9 Å². The molecule has 3 aromatic carbocycles. The van der Waals surface area contributed by atoms with Crippen LogP contribution in [0, 0.1) is 20.8 Å². The maximum Gasteiger partial charge on any atom is 0.264 e. The highest BCUT2D eigenvalue weighted by molar-refractivity contribution is 7.92. The van der Waals surface area contributed by atoms with Gasteiger partial charge in [-0.2, -0.15) is 0 Å². The highest BCUT2D eigenvalue weighted by Crippen LogP contribution is 2.29. The average molecular weight is 584 g/mol. The van der Waals surface area contributed by atoms with Gasteiger partial charge < -0.3 is 10.2 Å². The Morgan fingerprint density at radius 1 is 0.950 bits per heavy atom. The fourth-order valence-corrected chi connectivity index (χ4v) is 5.93. The second-order valence-electron chi connectivity index (χ2n) is 11.1. The van der Waals surface area contributed by atoms with Crippen molar-refractivity contribution in [2.75, 3.05) is 10.8 Å². The highest BCUT2D eigenvalue weighted by atomic mass is 35.5. The van der Waals surface area contributed by atoms with Gasteiger partial charge in [0.15, 0.2) is 0 Å². The first-order chi connectivity index (χ1) is 18.6. The Bertz CT molecular complexity index is 1480. The molecule has 3 rings (SSSR count). The van der Waals surface area contributed by atoms with E-state index in [1.54, 1.807) is 49.4 Å². The Balaban J connectivity index is 2.08. The summed E-state index contributed by atoms with van der Waals surface area (Å²) in [6.07, 6.45) is 0. The van der Waals surface area contributed by atoms with E-state index < -0.39 is 34.1 Å². The standard InChI is InChI=1S/C31H38ClN3O4S/c1-21-14-16-27(17-15-21)40(38,39)35(28-13-8-10-22(2)23(28)3)20-29(36)34(19-25-11-9-12-26(32)18-25)24(4)30(37)33-31(5,6)7/h8-18,24H,19-20H2,1-7H3,(H,33,37)/t24-/m0/s1. The van der Waals surface area contributed by atoms with Gasteiger partial charge >= 0.3 is 0 Å². The number of nitrogens with zero attached hydrogens (tertiary/aromatic N) is 2. The van der Waals surface area contributed by atoms with Gasteiger partial charge in [0.25, 0.3) is 10.0 Å². The van der Waals surface area contributed by atoms with Gasteiger partial charge in [0.05, 0.1) is 10.6 Å². The van der Waals surface area contributed by atoms with Crippen molar-refractivity contribution in [3.8, 4) is 0 Å². The number of anilines is 1. The summed E-state index contributed by atoms with van der Waals surface area (Å²) in [5, 5.41) is 3.42. The van der Waals surface area contributed by atoms with Crippen molar-refractivity contribution in [2.45, 2.75) is 71.5 Å². The number of hydrogen-bond acceptors (Lipinski definition) is 4. The molecule has 0 aromatic heterocycles. The van der Waals surface area contributed by atoms with Gasteiger partial charge in [-0.25, -0.2) is 8.42 Å². The minimum Gasteiger partial charge on any atom is -0.350 e. The van der Waals surface area contributed by atoms with Crippen molar-refractivity contribution in [3.63, 3.8) is 0 Å². The number of aryl methyl sites for hydroxylation is 2. The summed E-state index contributed by atoms with van der Waals surface area (Å²) < 4.78 is 29.2. The number of nitrogens with one attached hydrogen (secondary N) is 1. The Kier molecular flexibility index (Phi) is 9.69. The van der Waals surface area contributed by atoms with Crippen LogP contribution in [0.2, 0.25) is 5.02 Å². The van der Waals surface area contributed by atoms with Crippen LogP contribution in [-0.2, 0) is 26.2 Å². The molecule has 0 spiro atoms. The number of hydrogen-bond donors (Lipinski definition) is 1. The molecule has 0 radical (unpaired) electrons. The first-order valence-corrected chi connectivity index (χ1v) is 14.9. The Labute approximate surface area is 243 Å². The highest BCUT2D eigenvalue weighted by Gasteiger charge is 2.34. The minimum absolute atomic E-state index is 0.0728. The lowest BCUT2D eigenvalue weighted by molar-refractivity contribution is -0.140. The van der Waals surface area contributed by atoms with E-state index in [-0.39, 0.29) is 17.3 Å². The summed E-state index contributed by atoms with van der Waals surface area (Å²) >= 11 is 6.20. The normalized spacial score (nSPS) is 12.5. The van der Waals surface area contributed by atoms with Crippen LogP contribution in [0.5, 0.6) is 0 Å². The Morgan fingerprint density at radius 2 is 1.57 bits per heavy atom. The summed E-state index contributed by atoms with van der Waals surface area (Å²) in [6.45, 7) is 12.4. The monoisotopic (exact) mass is 583 g/mol. The molecule has 40 heavy (non-hydrogen) atoms. The molecule has 0 saturated heterocycles. The van der Waals surface area contributed by atoms with Gasteiger partial charge in [-0.05, 0) is 95.5 Å². The summed E-state index contributed by atoms with van der Waals surface area (Å²) in [5.41, 5.74) is 3.16. The molecule has 214 valence electrons. The third kappa shape index (κ3) is 7.64. The first kappa shape index (κ1) is 31.2. The van der Waals surface area contributed by atoms with Gasteiger partial charge in [-0.1, -0.05) is 53.6 Å². The van der Waals surface area contributed by atoms with Crippen molar-refractivity contribution in [3.05, 3.63) is 94.0 Å². The van der Waals surface area contributed by atoms with Crippen molar-refractivity contribution < 1.29 is 18.0 Å². The van der Waals surface area contributed by atoms with Crippen molar-refractivity contribution in [1.29, 1.82) is 0 Å². The quantitative estimate of drug-likeness (QED) is 0.345. The van der Waals surface area contributed by atoms with Gasteiger partial charge in [-0.3, -0.25) is 13.9 Å². The number of sulfonamides is 1. The Morgan fingerprint density at radius 3 is 2.17 bits per heavy atom. The lowest BCUT2D eigenvalue weighted by Gasteiger charge is -2.34. The maximum absolute atomic E-state index is 14.1. The van der Waals surface area contributed by atoms with Crippen LogP contribution in [0.4, 0.5) is 5.69 Å². The van der Waals surface area contributed by atoms with E-state index in [1.807, 2.05) is 53.7 Å². The van der Waals surface area contributed by atoms with Crippen LogP contribution in [-0.4, -0.2) is 43.3 Å². The van der Waals surface area contributed by atoms with E-state index in [2.05, 4.69) is 5.32 Å². The van der Waals surface area contributed by atoms with Crippen LogP contribution in [0.15, 0.2) is 71.6 Å². The molecule has 0 unspecified atom stereocenters. The third-order valence-electron chi connectivity index (χ3n) is 6.64. The fourth-order valence-electron chi connectivity index (χ4n) is 4.25. The number of carbonyl (C=O) groups excluding carboxylic acids is 2.